The average molecular weight is 316 g/mol. The molecule has 108 valence electrons. The summed E-state index contributed by atoms with van der Waals surface area (Å²) in [6.07, 6.45) is 0. The Labute approximate surface area is 131 Å². The SMILES string of the molecule is O=C(NCCSCc1cccs1)c1cc2ccccc2[nH]1. The number of thiophene rings is 1. The van der Waals surface area contributed by atoms with E-state index in [9.17, 15) is 4.79 Å². The number of benzene rings is 1. The molecular weight excluding hydrogens is 300 g/mol. The van der Waals surface area contributed by atoms with E-state index < -0.39 is 0 Å². The van der Waals surface area contributed by atoms with Gasteiger partial charge < -0.3 is 10.3 Å². The van der Waals surface area contributed by atoms with Crippen LogP contribution in [0.1, 0.15) is 15.4 Å². The highest BCUT2D eigenvalue weighted by Crippen LogP contribution is 2.17. The van der Waals surface area contributed by atoms with Crippen molar-refractivity contribution in [2.24, 2.45) is 0 Å². The summed E-state index contributed by atoms with van der Waals surface area (Å²) in [4.78, 5) is 16.6. The fourth-order valence-corrected chi connectivity index (χ4v) is 3.79. The van der Waals surface area contributed by atoms with Crippen LogP contribution in [-0.4, -0.2) is 23.2 Å². The van der Waals surface area contributed by atoms with Gasteiger partial charge in [0.1, 0.15) is 5.69 Å². The lowest BCUT2D eigenvalue weighted by Crippen LogP contribution is -2.25. The van der Waals surface area contributed by atoms with Gasteiger partial charge in [0, 0.05) is 33.8 Å². The summed E-state index contributed by atoms with van der Waals surface area (Å²) in [5.41, 5.74) is 1.62. The molecule has 2 aromatic heterocycles. The number of fused-ring (bicyclic) bond motifs is 1. The topological polar surface area (TPSA) is 44.9 Å². The van der Waals surface area contributed by atoms with Crippen molar-refractivity contribution < 1.29 is 4.79 Å². The van der Waals surface area contributed by atoms with E-state index in [2.05, 4.69) is 27.8 Å². The predicted octanol–water partition coefficient (Wildman–Crippen LogP) is 3.89. The van der Waals surface area contributed by atoms with Crippen LogP contribution in [0, 0.1) is 0 Å². The molecule has 0 aliphatic heterocycles. The van der Waals surface area contributed by atoms with Crippen LogP contribution in [0.5, 0.6) is 0 Å². The minimum absolute atomic E-state index is 0.0390. The van der Waals surface area contributed by atoms with Gasteiger partial charge in [-0.3, -0.25) is 4.79 Å². The van der Waals surface area contributed by atoms with E-state index in [-0.39, 0.29) is 5.91 Å². The first-order valence-corrected chi connectivity index (χ1v) is 8.82. The van der Waals surface area contributed by atoms with Crippen molar-refractivity contribution in [2.45, 2.75) is 5.75 Å². The summed E-state index contributed by atoms with van der Waals surface area (Å²) < 4.78 is 0. The number of hydrogen-bond acceptors (Lipinski definition) is 3. The van der Waals surface area contributed by atoms with Gasteiger partial charge in [0.05, 0.1) is 0 Å². The third kappa shape index (κ3) is 3.68. The Morgan fingerprint density at radius 2 is 2.14 bits per heavy atom. The van der Waals surface area contributed by atoms with Gasteiger partial charge in [0.25, 0.3) is 5.91 Å². The van der Waals surface area contributed by atoms with Crippen molar-refractivity contribution in [2.75, 3.05) is 12.3 Å². The molecular formula is C16H16N2OS2. The second-order valence-electron chi connectivity index (χ2n) is 4.66. The summed E-state index contributed by atoms with van der Waals surface area (Å²) in [6, 6.07) is 14.0. The van der Waals surface area contributed by atoms with Crippen molar-refractivity contribution in [3.05, 3.63) is 58.4 Å². The molecule has 1 amide bonds. The summed E-state index contributed by atoms with van der Waals surface area (Å²) in [5.74, 6) is 1.90. The molecule has 21 heavy (non-hydrogen) atoms. The summed E-state index contributed by atoms with van der Waals surface area (Å²) >= 11 is 3.61. The molecule has 0 saturated heterocycles. The van der Waals surface area contributed by atoms with E-state index in [1.807, 2.05) is 42.1 Å². The first-order chi connectivity index (χ1) is 10.3. The molecule has 0 unspecified atom stereocenters. The Morgan fingerprint density at radius 1 is 1.24 bits per heavy atom. The number of carbonyl (C=O) groups excluding carboxylic acids is 1. The zero-order valence-corrected chi connectivity index (χ0v) is 13.1. The fourth-order valence-electron chi connectivity index (χ4n) is 2.10. The van der Waals surface area contributed by atoms with Crippen LogP contribution in [0.4, 0.5) is 0 Å². The molecule has 0 aliphatic carbocycles. The Balaban J connectivity index is 1.45. The van der Waals surface area contributed by atoms with Crippen molar-refractivity contribution >= 4 is 39.9 Å². The van der Waals surface area contributed by atoms with E-state index in [4.69, 9.17) is 0 Å². The molecule has 2 N–H and O–H groups in total. The summed E-state index contributed by atoms with van der Waals surface area (Å²) in [6.45, 7) is 0.685. The number of rotatable bonds is 6. The van der Waals surface area contributed by atoms with Crippen molar-refractivity contribution in [3.63, 3.8) is 0 Å². The fraction of sp³-hybridized carbons (Fsp3) is 0.188. The number of aromatic amines is 1. The Bertz CT molecular complexity index is 686. The lowest BCUT2D eigenvalue weighted by Gasteiger charge is -2.03. The Kier molecular flexibility index (Phi) is 4.62. The third-order valence-corrected chi connectivity index (χ3v) is 5.20. The highest BCUT2D eigenvalue weighted by atomic mass is 32.2. The Morgan fingerprint density at radius 3 is 2.95 bits per heavy atom. The zero-order chi connectivity index (χ0) is 14.5. The predicted molar refractivity (Wildman–Crippen MR) is 91.1 cm³/mol. The van der Waals surface area contributed by atoms with Crippen LogP contribution in [0.2, 0.25) is 0 Å². The van der Waals surface area contributed by atoms with Crippen molar-refractivity contribution in [1.82, 2.24) is 10.3 Å². The average Bonchev–Trinajstić information content (AvgIpc) is 3.15. The zero-order valence-electron chi connectivity index (χ0n) is 11.5. The van der Waals surface area contributed by atoms with Gasteiger partial charge in [0.2, 0.25) is 0 Å². The highest BCUT2D eigenvalue weighted by Gasteiger charge is 2.08. The van der Waals surface area contributed by atoms with Gasteiger partial charge in [-0.25, -0.2) is 0 Å². The minimum atomic E-state index is -0.0390. The van der Waals surface area contributed by atoms with Crippen molar-refractivity contribution in [3.8, 4) is 0 Å². The van der Waals surface area contributed by atoms with Crippen LogP contribution >= 0.6 is 23.1 Å². The first kappa shape index (κ1) is 14.2. The number of thioether (sulfide) groups is 1. The normalized spacial score (nSPS) is 10.9. The van der Waals surface area contributed by atoms with Crippen LogP contribution in [0.3, 0.4) is 0 Å². The summed E-state index contributed by atoms with van der Waals surface area (Å²) in [7, 11) is 0. The molecule has 3 rings (SSSR count). The van der Waals surface area contributed by atoms with E-state index in [1.54, 1.807) is 11.3 Å². The van der Waals surface area contributed by atoms with Crippen molar-refractivity contribution in [1.29, 1.82) is 0 Å². The molecule has 0 radical (unpaired) electrons. The molecule has 2 heterocycles. The maximum atomic E-state index is 12.1. The number of para-hydroxylation sites is 1. The number of H-pyrrole nitrogens is 1. The second kappa shape index (κ2) is 6.83. The number of hydrogen-bond donors (Lipinski definition) is 2. The molecule has 0 bridgehead atoms. The molecule has 0 saturated carbocycles. The van der Waals surface area contributed by atoms with E-state index >= 15 is 0 Å². The summed E-state index contributed by atoms with van der Waals surface area (Å²) in [5, 5.41) is 6.11. The van der Waals surface area contributed by atoms with Crippen LogP contribution in [0.25, 0.3) is 10.9 Å². The second-order valence-corrected chi connectivity index (χ2v) is 6.80. The van der Waals surface area contributed by atoms with Gasteiger partial charge in [-0.2, -0.15) is 11.8 Å². The number of nitrogens with one attached hydrogen (secondary N) is 2. The molecule has 3 aromatic rings. The molecule has 0 atom stereocenters. The molecule has 5 heteroatoms. The maximum absolute atomic E-state index is 12.1. The molecule has 1 aromatic carbocycles. The monoisotopic (exact) mass is 316 g/mol. The van der Waals surface area contributed by atoms with E-state index in [1.165, 1.54) is 4.88 Å². The van der Waals surface area contributed by atoms with Gasteiger partial charge in [-0.05, 0) is 23.6 Å². The lowest BCUT2D eigenvalue weighted by atomic mass is 10.2. The van der Waals surface area contributed by atoms with Gasteiger partial charge in [0.15, 0.2) is 0 Å². The van der Waals surface area contributed by atoms with Crippen LogP contribution < -0.4 is 5.32 Å². The molecule has 0 aliphatic rings. The number of amides is 1. The van der Waals surface area contributed by atoms with E-state index in [0.717, 1.165) is 22.4 Å². The van der Waals surface area contributed by atoms with E-state index in [0.29, 0.717) is 12.2 Å². The van der Waals surface area contributed by atoms with Gasteiger partial charge >= 0.3 is 0 Å². The quantitative estimate of drug-likeness (QED) is 0.678. The molecule has 3 nitrogen and oxygen atoms in total. The van der Waals surface area contributed by atoms with Gasteiger partial charge in [-0.1, -0.05) is 24.3 Å². The standard InChI is InChI=1S/C16H16N2OS2/c19-16(15-10-12-4-1-2-6-14(12)18-15)17-7-9-20-11-13-5-3-8-21-13/h1-6,8,10,18H,7,9,11H2,(H,17,19). The number of aromatic nitrogens is 1. The van der Waals surface area contributed by atoms with Gasteiger partial charge in [-0.15, -0.1) is 11.3 Å². The maximum Gasteiger partial charge on any atom is 0.267 e. The van der Waals surface area contributed by atoms with Crippen LogP contribution in [-0.2, 0) is 5.75 Å². The lowest BCUT2D eigenvalue weighted by molar-refractivity contribution is 0.0952. The molecule has 0 fully saturated rings. The molecule has 0 spiro atoms. The smallest absolute Gasteiger partial charge is 0.267 e. The van der Waals surface area contributed by atoms with Crippen LogP contribution in [0.15, 0.2) is 47.8 Å². The Hall–Kier alpha value is -1.72. The number of carbonyl (C=O) groups is 1. The first-order valence-electron chi connectivity index (χ1n) is 6.79. The highest BCUT2D eigenvalue weighted by molar-refractivity contribution is 7.98. The minimum Gasteiger partial charge on any atom is -0.351 e. The largest absolute Gasteiger partial charge is 0.351 e. The third-order valence-electron chi connectivity index (χ3n) is 3.13.